The number of nitrogens with zero attached hydrogens (tertiary/aromatic N) is 1. The normalized spacial score (nSPS) is 18.8. The van der Waals surface area contributed by atoms with E-state index in [1.807, 2.05) is 18.2 Å². The van der Waals surface area contributed by atoms with E-state index in [4.69, 9.17) is 9.16 Å². The van der Waals surface area contributed by atoms with Gasteiger partial charge in [-0.1, -0.05) is 64.4 Å². The smallest absolute Gasteiger partial charge is 0.417 e. The molecule has 4 nitrogen and oxygen atoms in total. The molecule has 28 heavy (non-hydrogen) atoms. The summed E-state index contributed by atoms with van der Waals surface area (Å²) in [5, 5.41) is 0.0574. The molecule has 0 aromatic heterocycles. The summed E-state index contributed by atoms with van der Waals surface area (Å²) in [7, 11) is -2.10. The molecule has 1 saturated heterocycles. The van der Waals surface area contributed by atoms with Gasteiger partial charge in [0.05, 0.1) is 6.04 Å². The third-order valence-electron chi connectivity index (χ3n) is 5.92. The van der Waals surface area contributed by atoms with E-state index in [1.54, 1.807) is 4.90 Å². The molecule has 1 aromatic rings. The van der Waals surface area contributed by atoms with Crippen LogP contribution in [0, 0.1) is 0 Å². The molecule has 0 aliphatic carbocycles. The maximum Gasteiger partial charge on any atom is 0.417 e. The van der Waals surface area contributed by atoms with Gasteiger partial charge in [0, 0.05) is 0 Å². The van der Waals surface area contributed by atoms with E-state index in [1.165, 1.54) is 5.56 Å². The second kappa shape index (κ2) is 9.16. The number of ether oxygens (including phenoxy) is 1. The van der Waals surface area contributed by atoms with Gasteiger partial charge in [0.1, 0.15) is 6.61 Å². The molecule has 0 unspecified atom stereocenters. The number of unbranched alkanes of at least 4 members (excludes halogenated alkanes) is 1. The Kier molecular flexibility index (Phi) is 7.37. The lowest BCUT2D eigenvalue weighted by Gasteiger charge is -2.40. The monoisotopic (exact) mass is 403 g/mol. The van der Waals surface area contributed by atoms with E-state index in [9.17, 15) is 4.79 Å². The Hall–Kier alpha value is -1.75. The molecular weight excluding hydrogens is 366 g/mol. The highest BCUT2D eigenvalue weighted by Crippen LogP contribution is 2.40. The molecule has 0 bridgehead atoms. The first kappa shape index (κ1) is 22.5. The number of rotatable bonds is 8. The van der Waals surface area contributed by atoms with Crippen LogP contribution in [0.5, 0.6) is 0 Å². The average Bonchev–Trinajstić information content (AvgIpc) is 2.97. The van der Waals surface area contributed by atoms with Gasteiger partial charge in [-0.15, -0.1) is 0 Å². The predicted octanol–water partition coefficient (Wildman–Crippen LogP) is 6.49. The molecule has 0 N–H and O–H groups in total. The first-order chi connectivity index (χ1) is 13.1. The Morgan fingerprint density at radius 2 is 1.89 bits per heavy atom. The summed E-state index contributed by atoms with van der Waals surface area (Å²) in [6, 6.07) is 10.2. The maximum atomic E-state index is 12.7. The van der Waals surface area contributed by atoms with Crippen LogP contribution in [0.3, 0.4) is 0 Å². The van der Waals surface area contributed by atoms with Crippen molar-refractivity contribution in [2.75, 3.05) is 6.61 Å². The number of benzene rings is 1. The van der Waals surface area contributed by atoms with E-state index < -0.39 is 8.32 Å². The highest BCUT2D eigenvalue weighted by molar-refractivity contribution is 6.74. The summed E-state index contributed by atoms with van der Waals surface area (Å²) >= 11 is 0. The maximum absolute atomic E-state index is 12.7. The number of carbonyl (C=O) groups is 1. The van der Waals surface area contributed by atoms with Crippen molar-refractivity contribution < 1.29 is 14.0 Å². The zero-order valence-electron chi connectivity index (χ0n) is 18.7. The van der Waals surface area contributed by atoms with Crippen LogP contribution in [0.2, 0.25) is 18.1 Å². The van der Waals surface area contributed by atoms with Gasteiger partial charge in [-0.25, -0.2) is 9.69 Å². The summed E-state index contributed by atoms with van der Waals surface area (Å²) in [4.78, 5) is 14.5. The Labute approximate surface area is 172 Å². The minimum atomic E-state index is -2.10. The number of allylic oxidation sites excluding steroid dienone is 1. The van der Waals surface area contributed by atoms with Gasteiger partial charge in [0.2, 0.25) is 0 Å². The predicted molar refractivity (Wildman–Crippen MR) is 118 cm³/mol. The zero-order chi connectivity index (χ0) is 20.9. The lowest BCUT2D eigenvalue weighted by Crippen LogP contribution is -2.45. The van der Waals surface area contributed by atoms with Crippen molar-refractivity contribution in [1.29, 1.82) is 0 Å². The zero-order valence-corrected chi connectivity index (χ0v) is 19.7. The number of amides is 1. The largest absolute Gasteiger partial charge is 0.532 e. The fraction of sp³-hybridized carbons (Fsp3) is 0.609. The highest BCUT2D eigenvalue weighted by atomic mass is 28.4. The van der Waals surface area contributed by atoms with Crippen LogP contribution in [0.4, 0.5) is 4.79 Å². The quantitative estimate of drug-likeness (QED) is 0.368. The molecule has 1 atom stereocenters. The van der Waals surface area contributed by atoms with Crippen molar-refractivity contribution in [3.05, 3.63) is 47.4 Å². The number of cyclic esters (lactones) is 1. The molecule has 0 spiro atoms. The second-order valence-corrected chi connectivity index (χ2v) is 14.1. The fourth-order valence-electron chi connectivity index (χ4n) is 3.03. The Bertz CT molecular complexity index is 692. The summed E-state index contributed by atoms with van der Waals surface area (Å²) < 4.78 is 12.2. The van der Waals surface area contributed by atoms with E-state index in [-0.39, 0.29) is 17.2 Å². The van der Waals surface area contributed by atoms with Gasteiger partial charge in [0.15, 0.2) is 5.88 Å². The third-order valence-corrected chi connectivity index (χ3v) is 10.2. The van der Waals surface area contributed by atoms with Crippen LogP contribution in [0.1, 0.15) is 59.4 Å². The molecule has 1 heterocycles. The van der Waals surface area contributed by atoms with Crippen LogP contribution in [0.25, 0.3) is 0 Å². The molecule has 1 fully saturated rings. The van der Waals surface area contributed by atoms with Crippen LogP contribution >= 0.6 is 0 Å². The van der Waals surface area contributed by atoms with E-state index >= 15 is 0 Å². The van der Waals surface area contributed by atoms with E-state index in [2.05, 4.69) is 59.8 Å². The van der Waals surface area contributed by atoms with E-state index in [0.29, 0.717) is 6.61 Å². The third kappa shape index (κ3) is 5.40. The van der Waals surface area contributed by atoms with Crippen molar-refractivity contribution in [2.45, 2.75) is 84.5 Å². The fourth-order valence-corrected chi connectivity index (χ4v) is 4.09. The molecule has 1 amide bonds. The number of carbonyl (C=O) groups excluding carboxylic acids is 1. The second-order valence-electron chi connectivity index (χ2n) is 9.34. The van der Waals surface area contributed by atoms with Gasteiger partial charge in [-0.05, 0) is 55.5 Å². The van der Waals surface area contributed by atoms with Gasteiger partial charge >= 0.3 is 6.09 Å². The lowest BCUT2D eigenvalue weighted by atomic mass is 10.1. The van der Waals surface area contributed by atoms with Crippen molar-refractivity contribution >= 4 is 14.4 Å². The summed E-state index contributed by atoms with van der Waals surface area (Å²) in [5.41, 5.74) is 2.34. The first-order valence-corrected chi connectivity index (χ1v) is 13.4. The molecule has 1 aliphatic rings. The Balaban J connectivity index is 2.37. The molecule has 1 aliphatic heterocycles. The van der Waals surface area contributed by atoms with Gasteiger partial charge in [0.25, 0.3) is 8.32 Å². The number of hydrogen-bond acceptors (Lipinski definition) is 3. The topological polar surface area (TPSA) is 38.8 Å². The molecular formula is C23H37NO3Si. The van der Waals surface area contributed by atoms with Crippen molar-refractivity contribution in [3.63, 3.8) is 0 Å². The van der Waals surface area contributed by atoms with E-state index in [0.717, 1.165) is 37.1 Å². The molecule has 1 aromatic carbocycles. The summed E-state index contributed by atoms with van der Waals surface area (Å²) in [6.45, 7) is 15.8. The van der Waals surface area contributed by atoms with Crippen LogP contribution in [0.15, 0.2) is 41.8 Å². The number of hydrogen-bond donors (Lipinski definition) is 0. The highest BCUT2D eigenvalue weighted by Gasteiger charge is 2.44. The van der Waals surface area contributed by atoms with Gasteiger partial charge in [-0.2, -0.15) is 0 Å². The molecule has 156 valence electrons. The van der Waals surface area contributed by atoms with Crippen molar-refractivity contribution in [2.24, 2.45) is 0 Å². The summed E-state index contributed by atoms with van der Waals surface area (Å²) in [5.74, 6) is 0.739. The SMILES string of the molecule is CCCC/C(C)=C(/O[Si](C)(C)C(C)(C)C)N1C(=O)OC[C@@H]1Cc1ccccc1. The first-order valence-electron chi connectivity index (χ1n) is 10.5. The van der Waals surface area contributed by atoms with Crippen molar-refractivity contribution in [1.82, 2.24) is 4.90 Å². The minimum absolute atomic E-state index is 0.0359. The lowest BCUT2D eigenvalue weighted by molar-refractivity contribution is 0.148. The minimum Gasteiger partial charge on any atom is -0.532 e. The molecule has 2 rings (SSSR count). The van der Waals surface area contributed by atoms with Gasteiger partial charge in [-0.3, -0.25) is 0 Å². The summed E-state index contributed by atoms with van der Waals surface area (Å²) in [6.07, 6.45) is 3.61. The molecule has 0 saturated carbocycles. The average molecular weight is 404 g/mol. The standard InChI is InChI=1S/C23H37NO3Si/c1-8-9-13-18(2)21(27-28(6,7)23(3,4)5)24-20(17-26-22(24)25)16-19-14-11-10-12-15-19/h10-12,14-15,20H,8-9,13,16-17H2,1-7H3/b21-18+/t20-/m0/s1. The molecule has 0 radical (unpaired) electrons. The van der Waals surface area contributed by atoms with Crippen LogP contribution in [-0.4, -0.2) is 32.0 Å². The molecule has 5 heteroatoms. The van der Waals surface area contributed by atoms with Crippen LogP contribution in [-0.2, 0) is 15.6 Å². The Morgan fingerprint density at radius 3 is 2.46 bits per heavy atom. The van der Waals surface area contributed by atoms with Gasteiger partial charge < -0.3 is 9.16 Å². The van der Waals surface area contributed by atoms with Crippen LogP contribution < -0.4 is 0 Å². The Morgan fingerprint density at radius 1 is 1.25 bits per heavy atom. The van der Waals surface area contributed by atoms with Crippen molar-refractivity contribution in [3.8, 4) is 0 Å².